The molecule has 0 fully saturated rings. The molecule has 7 heteroatoms. The Labute approximate surface area is 180 Å². The van der Waals surface area contributed by atoms with E-state index in [1.807, 2.05) is 57.2 Å². The van der Waals surface area contributed by atoms with Crippen LogP contribution in [0, 0.1) is 13.8 Å². The monoisotopic (exact) mass is 425 g/mol. The van der Waals surface area contributed by atoms with Crippen molar-refractivity contribution < 1.29 is 9.53 Å². The van der Waals surface area contributed by atoms with Crippen molar-refractivity contribution >= 4 is 28.6 Å². The molecule has 0 spiro atoms. The molecule has 0 aliphatic carbocycles. The second-order valence-electron chi connectivity index (χ2n) is 7.24. The van der Waals surface area contributed by atoms with E-state index in [9.17, 15) is 9.59 Å². The Morgan fingerprint density at radius 2 is 2.00 bits per heavy atom. The summed E-state index contributed by atoms with van der Waals surface area (Å²) in [6, 6.07) is 13.2. The van der Waals surface area contributed by atoms with Crippen molar-refractivity contribution in [2.24, 2.45) is 0 Å². The largest absolute Gasteiger partial charge is 0.385 e. The summed E-state index contributed by atoms with van der Waals surface area (Å²) in [6.45, 7) is 6.96. The van der Waals surface area contributed by atoms with Crippen LogP contribution in [0.25, 0.3) is 16.6 Å². The SMILES string of the molecule is COCCCNC(=O)C(C)Sc1nc2ccccc2c(=O)n1-c1ccc(C)cc1C. The van der Waals surface area contributed by atoms with E-state index < -0.39 is 5.25 Å². The summed E-state index contributed by atoms with van der Waals surface area (Å²) in [7, 11) is 1.64. The highest BCUT2D eigenvalue weighted by Crippen LogP contribution is 2.26. The maximum Gasteiger partial charge on any atom is 0.266 e. The number of nitrogens with one attached hydrogen (secondary N) is 1. The minimum Gasteiger partial charge on any atom is -0.385 e. The Morgan fingerprint density at radius 3 is 2.73 bits per heavy atom. The Hall–Kier alpha value is -2.64. The van der Waals surface area contributed by atoms with Crippen LogP contribution in [0.5, 0.6) is 0 Å². The van der Waals surface area contributed by atoms with E-state index in [0.29, 0.717) is 29.2 Å². The van der Waals surface area contributed by atoms with Gasteiger partial charge in [0.15, 0.2) is 5.16 Å². The minimum absolute atomic E-state index is 0.0920. The third-order valence-electron chi connectivity index (χ3n) is 4.81. The first-order valence-corrected chi connectivity index (χ1v) is 10.8. The normalized spacial score (nSPS) is 12.1. The number of fused-ring (bicyclic) bond motifs is 1. The van der Waals surface area contributed by atoms with E-state index in [1.54, 1.807) is 17.7 Å². The van der Waals surface area contributed by atoms with Gasteiger partial charge in [-0.05, 0) is 51.0 Å². The lowest BCUT2D eigenvalue weighted by atomic mass is 10.1. The number of carbonyl (C=O) groups excluding carboxylic acids is 1. The molecular formula is C23H27N3O3S. The fraction of sp³-hybridized carbons (Fsp3) is 0.348. The molecule has 6 nitrogen and oxygen atoms in total. The van der Waals surface area contributed by atoms with Crippen molar-refractivity contribution in [3.8, 4) is 5.69 Å². The van der Waals surface area contributed by atoms with Gasteiger partial charge < -0.3 is 10.1 Å². The molecule has 0 radical (unpaired) electrons. The lowest BCUT2D eigenvalue weighted by Crippen LogP contribution is -2.33. The molecule has 0 aliphatic rings. The van der Waals surface area contributed by atoms with Gasteiger partial charge in [-0.15, -0.1) is 0 Å². The lowest BCUT2D eigenvalue weighted by molar-refractivity contribution is -0.120. The van der Waals surface area contributed by atoms with E-state index in [2.05, 4.69) is 5.32 Å². The van der Waals surface area contributed by atoms with Crippen LogP contribution in [0.1, 0.15) is 24.5 Å². The van der Waals surface area contributed by atoms with E-state index in [4.69, 9.17) is 9.72 Å². The molecule has 1 atom stereocenters. The van der Waals surface area contributed by atoms with Crippen molar-refractivity contribution in [3.63, 3.8) is 0 Å². The first-order chi connectivity index (χ1) is 14.4. The van der Waals surface area contributed by atoms with Crippen LogP contribution in [0.3, 0.4) is 0 Å². The summed E-state index contributed by atoms with van der Waals surface area (Å²) in [5.41, 5.74) is 3.37. The van der Waals surface area contributed by atoms with E-state index in [1.165, 1.54) is 11.8 Å². The summed E-state index contributed by atoms with van der Waals surface area (Å²) in [6.07, 6.45) is 0.751. The topological polar surface area (TPSA) is 73.2 Å². The molecule has 0 bridgehead atoms. The van der Waals surface area contributed by atoms with Crippen molar-refractivity contribution in [2.45, 2.75) is 37.6 Å². The third kappa shape index (κ3) is 4.91. The quantitative estimate of drug-likeness (QED) is 0.339. The molecular weight excluding hydrogens is 398 g/mol. The molecule has 0 saturated heterocycles. The van der Waals surface area contributed by atoms with Crippen molar-refractivity contribution in [2.75, 3.05) is 20.3 Å². The zero-order chi connectivity index (χ0) is 21.7. The van der Waals surface area contributed by atoms with Crippen LogP contribution in [0.4, 0.5) is 0 Å². The molecule has 30 heavy (non-hydrogen) atoms. The average Bonchev–Trinajstić information content (AvgIpc) is 2.72. The number of thioether (sulfide) groups is 1. The number of carbonyl (C=O) groups is 1. The Morgan fingerprint density at radius 1 is 1.23 bits per heavy atom. The van der Waals surface area contributed by atoms with Crippen LogP contribution in [-0.2, 0) is 9.53 Å². The van der Waals surface area contributed by atoms with Gasteiger partial charge >= 0.3 is 0 Å². The predicted molar refractivity (Wildman–Crippen MR) is 122 cm³/mol. The molecule has 0 aliphatic heterocycles. The minimum atomic E-state index is -0.405. The van der Waals surface area contributed by atoms with Gasteiger partial charge in [-0.2, -0.15) is 0 Å². The van der Waals surface area contributed by atoms with Gasteiger partial charge in [-0.1, -0.05) is 41.6 Å². The second-order valence-corrected chi connectivity index (χ2v) is 8.55. The molecule has 1 heterocycles. The van der Waals surface area contributed by atoms with Crippen molar-refractivity contribution in [3.05, 3.63) is 63.9 Å². The number of ether oxygens (including phenoxy) is 1. The number of hydrogen-bond acceptors (Lipinski definition) is 5. The van der Waals surface area contributed by atoms with Gasteiger partial charge in [0.25, 0.3) is 5.56 Å². The van der Waals surface area contributed by atoms with Gasteiger partial charge in [0.2, 0.25) is 5.91 Å². The van der Waals surface area contributed by atoms with Crippen LogP contribution in [0.15, 0.2) is 52.4 Å². The molecule has 1 unspecified atom stereocenters. The van der Waals surface area contributed by atoms with Crippen molar-refractivity contribution in [1.29, 1.82) is 0 Å². The smallest absolute Gasteiger partial charge is 0.266 e. The molecule has 1 N–H and O–H groups in total. The highest BCUT2D eigenvalue weighted by molar-refractivity contribution is 8.00. The molecule has 2 aromatic carbocycles. The fourth-order valence-electron chi connectivity index (χ4n) is 3.24. The molecule has 158 valence electrons. The summed E-state index contributed by atoms with van der Waals surface area (Å²) in [5.74, 6) is -0.0920. The summed E-state index contributed by atoms with van der Waals surface area (Å²) in [5, 5.41) is 3.57. The zero-order valence-electron chi connectivity index (χ0n) is 17.8. The molecule has 1 aromatic heterocycles. The number of hydrogen-bond donors (Lipinski definition) is 1. The van der Waals surface area contributed by atoms with E-state index >= 15 is 0 Å². The number of amides is 1. The van der Waals surface area contributed by atoms with Gasteiger partial charge in [-0.3, -0.25) is 14.2 Å². The van der Waals surface area contributed by atoms with Crippen LogP contribution >= 0.6 is 11.8 Å². The Balaban J connectivity index is 2.00. The highest BCUT2D eigenvalue weighted by atomic mass is 32.2. The summed E-state index contributed by atoms with van der Waals surface area (Å²) in [4.78, 5) is 30.6. The Kier molecular flexibility index (Phi) is 7.29. The van der Waals surface area contributed by atoms with Gasteiger partial charge in [0.1, 0.15) is 0 Å². The molecule has 3 rings (SSSR count). The molecule has 0 saturated carbocycles. The van der Waals surface area contributed by atoms with Gasteiger partial charge in [0, 0.05) is 20.3 Å². The first kappa shape index (κ1) is 22.1. The third-order valence-corrected chi connectivity index (χ3v) is 5.87. The number of benzene rings is 2. The predicted octanol–water partition coefficient (Wildman–Crippen LogP) is 3.64. The Bertz CT molecular complexity index is 1110. The highest BCUT2D eigenvalue weighted by Gasteiger charge is 2.20. The average molecular weight is 426 g/mol. The van der Waals surface area contributed by atoms with Crippen LogP contribution in [-0.4, -0.2) is 41.0 Å². The maximum absolute atomic E-state index is 13.4. The number of nitrogens with zero attached hydrogens (tertiary/aromatic N) is 2. The number of methoxy groups -OCH3 is 1. The summed E-state index contributed by atoms with van der Waals surface area (Å²) < 4.78 is 6.64. The van der Waals surface area contributed by atoms with Gasteiger partial charge in [-0.25, -0.2) is 4.98 Å². The summed E-state index contributed by atoms with van der Waals surface area (Å²) >= 11 is 1.29. The molecule has 1 amide bonds. The standard InChI is InChI=1S/C23H27N3O3S/c1-15-10-11-20(16(2)14-15)26-22(28)18-8-5-6-9-19(18)25-23(26)30-17(3)21(27)24-12-7-13-29-4/h5-6,8-11,14,17H,7,12-13H2,1-4H3,(H,24,27). The van der Waals surface area contributed by atoms with E-state index in [0.717, 1.165) is 23.2 Å². The number of rotatable bonds is 8. The second kappa shape index (κ2) is 9.91. The van der Waals surface area contributed by atoms with Crippen LogP contribution < -0.4 is 10.9 Å². The number of aromatic nitrogens is 2. The first-order valence-electron chi connectivity index (χ1n) is 9.95. The fourth-order valence-corrected chi connectivity index (χ4v) is 4.19. The lowest BCUT2D eigenvalue weighted by Gasteiger charge is -2.18. The van der Waals surface area contributed by atoms with Gasteiger partial charge in [0.05, 0.1) is 21.8 Å². The number of aryl methyl sites for hydroxylation is 2. The van der Waals surface area contributed by atoms with Crippen molar-refractivity contribution in [1.82, 2.24) is 14.9 Å². The zero-order valence-corrected chi connectivity index (χ0v) is 18.6. The maximum atomic E-state index is 13.4. The van der Waals surface area contributed by atoms with Crippen LogP contribution in [0.2, 0.25) is 0 Å². The van der Waals surface area contributed by atoms with E-state index in [-0.39, 0.29) is 11.5 Å². The number of para-hydroxylation sites is 1. The molecule has 3 aromatic rings.